The minimum absolute atomic E-state index is 0.0573. The predicted molar refractivity (Wildman–Crippen MR) is 132 cm³/mol. The standard InChI is InChI=1S/C26H31N5O4/c1-16-7-8-19(11-17(16)2)14-27-22-13-21(20(15-28-22)25(32)33)29-23-12-18(3)24-31(35-23)26(30-34-24)9-5-4-6-10-26/h7-8,11-13,15,30H,4-6,9-10,14H2,1-3H3,(H,32,33)(H2,27,28,29). The van der Waals surface area contributed by atoms with E-state index in [2.05, 4.69) is 53.1 Å². The third-order valence-corrected chi connectivity index (χ3v) is 6.90. The van der Waals surface area contributed by atoms with Gasteiger partial charge in [0.05, 0.1) is 5.69 Å². The normalized spacial score (nSPS) is 18.5. The van der Waals surface area contributed by atoms with Crippen LogP contribution in [0.15, 0.2) is 53.9 Å². The quantitative estimate of drug-likeness (QED) is 0.460. The number of hydrogen-bond donors (Lipinski definition) is 4. The lowest BCUT2D eigenvalue weighted by Crippen LogP contribution is -2.52. The molecule has 3 aliphatic rings. The fourth-order valence-corrected chi connectivity index (χ4v) is 4.74. The van der Waals surface area contributed by atoms with E-state index in [4.69, 9.17) is 9.68 Å². The van der Waals surface area contributed by atoms with E-state index in [-0.39, 0.29) is 5.56 Å². The van der Waals surface area contributed by atoms with E-state index < -0.39 is 11.6 Å². The number of rotatable bonds is 6. The van der Waals surface area contributed by atoms with Gasteiger partial charge in [-0.15, -0.1) is 10.5 Å². The number of carbonyl (C=O) groups is 1. The number of benzene rings is 1. The number of aromatic nitrogens is 1. The molecule has 5 rings (SSSR count). The van der Waals surface area contributed by atoms with Crippen molar-refractivity contribution in [2.24, 2.45) is 0 Å². The minimum Gasteiger partial charge on any atom is -0.478 e. The number of nitrogens with one attached hydrogen (secondary N) is 3. The van der Waals surface area contributed by atoms with Crippen molar-refractivity contribution in [3.8, 4) is 0 Å². The molecule has 9 heteroatoms. The molecular formula is C26H31N5O4. The molecule has 1 aromatic carbocycles. The van der Waals surface area contributed by atoms with Gasteiger partial charge in [-0.3, -0.25) is 0 Å². The summed E-state index contributed by atoms with van der Waals surface area (Å²) in [6, 6.07) is 7.99. The lowest BCUT2D eigenvalue weighted by atomic mass is 9.89. The van der Waals surface area contributed by atoms with Crippen molar-refractivity contribution >= 4 is 17.5 Å². The van der Waals surface area contributed by atoms with Crippen LogP contribution in [0, 0.1) is 13.8 Å². The number of carboxylic acids is 1. The highest BCUT2D eigenvalue weighted by molar-refractivity contribution is 5.94. The van der Waals surface area contributed by atoms with Crippen molar-refractivity contribution in [3.63, 3.8) is 0 Å². The summed E-state index contributed by atoms with van der Waals surface area (Å²) in [6.45, 7) is 6.68. The second kappa shape index (κ2) is 9.14. The smallest absolute Gasteiger partial charge is 0.339 e. The Morgan fingerprint density at radius 3 is 2.71 bits per heavy atom. The van der Waals surface area contributed by atoms with Gasteiger partial charge in [-0.25, -0.2) is 9.78 Å². The number of nitrogens with zero attached hydrogens (tertiary/aromatic N) is 2. The molecule has 1 saturated carbocycles. The van der Waals surface area contributed by atoms with Crippen LogP contribution in [-0.2, 0) is 16.2 Å². The van der Waals surface area contributed by atoms with E-state index >= 15 is 0 Å². The summed E-state index contributed by atoms with van der Waals surface area (Å²) in [5.74, 6) is 0.564. The van der Waals surface area contributed by atoms with Crippen molar-refractivity contribution in [1.82, 2.24) is 15.5 Å². The van der Waals surface area contributed by atoms with Gasteiger partial charge >= 0.3 is 5.97 Å². The van der Waals surface area contributed by atoms with Crippen LogP contribution in [0.2, 0.25) is 0 Å². The van der Waals surface area contributed by atoms with Crippen molar-refractivity contribution in [2.75, 3.05) is 10.6 Å². The van der Waals surface area contributed by atoms with E-state index in [0.717, 1.165) is 36.8 Å². The van der Waals surface area contributed by atoms with Gasteiger partial charge in [0.15, 0.2) is 5.66 Å². The molecule has 3 heterocycles. The zero-order valence-electron chi connectivity index (χ0n) is 20.3. The number of allylic oxidation sites excluding steroid dienone is 2. The first-order chi connectivity index (χ1) is 16.8. The van der Waals surface area contributed by atoms with Crippen molar-refractivity contribution in [1.29, 1.82) is 0 Å². The highest BCUT2D eigenvalue weighted by Crippen LogP contribution is 2.42. The maximum atomic E-state index is 11.9. The molecule has 4 N–H and O–H groups in total. The largest absolute Gasteiger partial charge is 0.478 e. The lowest BCUT2D eigenvalue weighted by Gasteiger charge is -2.39. The number of hydrogen-bond acceptors (Lipinski definition) is 8. The number of carboxylic acid groups (broad SMARTS) is 1. The number of hydroxylamine groups is 3. The van der Waals surface area contributed by atoms with Gasteiger partial charge < -0.3 is 25.4 Å². The Morgan fingerprint density at radius 1 is 1.17 bits per heavy atom. The Kier molecular flexibility index (Phi) is 6.02. The molecule has 0 bridgehead atoms. The van der Waals surface area contributed by atoms with Gasteiger partial charge in [0.1, 0.15) is 11.4 Å². The molecule has 1 spiro atoms. The number of pyridine rings is 1. The van der Waals surface area contributed by atoms with E-state index in [1.807, 2.05) is 13.0 Å². The molecule has 0 unspecified atom stereocenters. The molecule has 0 radical (unpaired) electrons. The van der Waals surface area contributed by atoms with Gasteiger partial charge in [0.2, 0.25) is 5.88 Å². The summed E-state index contributed by atoms with van der Waals surface area (Å²) in [4.78, 5) is 28.2. The van der Waals surface area contributed by atoms with Gasteiger partial charge in [0.25, 0.3) is 5.88 Å². The Labute approximate surface area is 204 Å². The van der Waals surface area contributed by atoms with Crippen LogP contribution in [0.5, 0.6) is 0 Å². The number of aromatic carboxylic acids is 1. The van der Waals surface area contributed by atoms with Crippen LogP contribution in [0.25, 0.3) is 0 Å². The zero-order chi connectivity index (χ0) is 24.6. The number of anilines is 2. The highest BCUT2D eigenvalue weighted by Gasteiger charge is 2.50. The van der Waals surface area contributed by atoms with Crippen LogP contribution in [-0.4, -0.2) is 26.8 Å². The fraction of sp³-hybridized carbons (Fsp3) is 0.385. The Hall–Kier alpha value is -3.72. The predicted octanol–water partition coefficient (Wildman–Crippen LogP) is 4.94. The topological polar surface area (TPSA) is 108 Å². The Balaban J connectivity index is 1.36. The molecule has 0 atom stereocenters. The molecule has 184 valence electrons. The van der Waals surface area contributed by atoms with Gasteiger partial charge in [-0.05, 0) is 63.1 Å². The first-order valence-corrected chi connectivity index (χ1v) is 12.0. The van der Waals surface area contributed by atoms with Crippen LogP contribution >= 0.6 is 0 Å². The van der Waals surface area contributed by atoms with E-state index in [1.54, 1.807) is 11.1 Å². The molecule has 0 amide bonds. The maximum absolute atomic E-state index is 11.9. The van der Waals surface area contributed by atoms with E-state index in [1.165, 1.54) is 23.7 Å². The summed E-state index contributed by atoms with van der Waals surface area (Å²) >= 11 is 0. The van der Waals surface area contributed by atoms with Gasteiger partial charge in [-0.1, -0.05) is 24.6 Å². The molecule has 2 fully saturated rings. The molecule has 2 aromatic rings. The summed E-state index contributed by atoms with van der Waals surface area (Å²) in [7, 11) is 0. The Bertz CT molecular complexity index is 1220. The van der Waals surface area contributed by atoms with Crippen LogP contribution in [0.3, 0.4) is 0 Å². The molecular weight excluding hydrogens is 446 g/mol. The summed E-state index contributed by atoms with van der Waals surface area (Å²) in [6.07, 6.45) is 8.32. The second-order valence-corrected chi connectivity index (χ2v) is 9.50. The van der Waals surface area contributed by atoms with Crippen LogP contribution in [0.4, 0.5) is 11.5 Å². The SMILES string of the molecule is CC1=C2ONC3(CCCCC3)N2OC(Nc2cc(NCc3ccc(C)c(C)c3)ncc2C(=O)O)=C1. The van der Waals surface area contributed by atoms with Gasteiger partial charge in [0, 0.05) is 30.5 Å². The number of fused-ring (bicyclic) bond motifs is 2. The summed E-state index contributed by atoms with van der Waals surface area (Å²) in [5, 5.41) is 18.0. The summed E-state index contributed by atoms with van der Waals surface area (Å²) < 4.78 is 0. The lowest BCUT2D eigenvalue weighted by molar-refractivity contribution is -0.167. The van der Waals surface area contributed by atoms with Crippen molar-refractivity contribution in [2.45, 2.75) is 65.1 Å². The van der Waals surface area contributed by atoms with Crippen LogP contribution < -0.4 is 16.1 Å². The third-order valence-electron chi connectivity index (χ3n) is 6.90. The summed E-state index contributed by atoms with van der Waals surface area (Å²) in [5.41, 5.74) is 7.68. The maximum Gasteiger partial charge on any atom is 0.339 e. The first-order valence-electron chi connectivity index (χ1n) is 12.0. The molecule has 2 aliphatic heterocycles. The Morgan fingerprint density at radius 2 is 1.97 bits per heavy atom. The first kappa shape index (κ1) is 23.0. The van der Waals surface area contributed by atoms with E-state index in [0.29, 0.717) is 29.8 Å². The van der Waals surface area contributed by atoms with Crippen molar-refractivity contribution < 1.29 is 19.6 Å². The minimum atomic E-state index is -1.07. The molecule has 1 aliphatic carbocycles. The average molecular weight is 478 g/mol. The molecule has 1 saturated heterocycles. The van der Waals surface area contributed by atoms with Gasteiger partial charge in [-0.2, -0.15) is 0 Å². The number of aryl methyl sites for hydroxylation is 2. The molecule has 1 aromatic heterocycles. The fourth-order valence-electron chi connectivity index (χ4n) is 4.74. The zero-order valence-corrected chi connectivity index (χ0v) is 20.3. The van der Waals surface area contributed by atoms with Crippen molar-refractivity contribution in [3.05, 3.63) is 76.1 Å². The third kappa shape index (κ3) is 4.51. The highest BCUT2D eigenvalue weighted by atomic mass is 16.8. The monoisotopic (exact) mass is 477 g/mol. The average Bonchev–Trinajstić information content (AvgIpc) is 3.18. The second-order valence-electron chi connectivity index (χ2n) is 9.50. The van der Waals surface area contributed by atoms with Crippen LogP contribution in [0.1, 0.15) is 66.1 Å². The molecule has 35 heavy (non-hydrogen) atoms. The van der Waals surface area contributed by atoms with E-state index in [9.17, 15) is 9.90 Å². The molecule has 9 nitrogen and oxygen atoms in total.